The normalized spacial score (nSPS) is 11.3. The number of fused-ring (bicyclic) bond motifs is 1. The summed E-state index contributed by atoms with van der Waals surface area (Å²) in [6.45, 7) is 3.31. The molecule has 0 spiro atoms. The number of rotatable bonds is 9. The molecular weight excluding hydrogens is 372 g/mol. The Morgan fingerprint density at radius 1 is 0.880 bits per heavy atom. The zero-order chi connectivity index (χ0) is 17.5. The summed E-state index contributed by atoms with van der Waals surface area (Å²) >= 11 is 3.58. The van der Waals surface area contributed by atoms with E-state index in [1.165, 1.54) is 56.0 Å². The average Bonchev–Trinajstić information content (AvgIpc) is 3.00. The van der Waals surface area contributed by atoms with E-state index in [0.717, 1.165) is 22.4 Å². The first-order valence-electron chi connectivity index (χ1n) is 9.51. The van der Waals surface area contributed by atoms with Crippen LogP contribution >= 0.6 is 15.9 Å². The van der Waals surface area contributed by atoms with E-state index < -0.39 is 0 Å². The lowest BCUT2D eigenvalue weighted by atomic mass is 10.1. The van der Waals surface area contributed by atoms with Crippen LogP contribution in [0.2, 0.25) is 0 Å². The molecule has 0 N–H and O–H groups in total. The van der Waals surface area contributed by atoms with E-state index in [0.29, 0.717) is 0 Å². The van der Waals surface area contributed by atoms with Crippen molar-refractivity contribution in [3.05, 3.63) is 53.0 Å². The van der Waals surface area contributed by atoms with Gasteiger partial charge in [0, 0.05) is 16.6 Å². The summed E-state index contributed by atoms with van der Waals surface area (Å²) in [5.74, 6) is 1.08. The molecule has 2 nitrogen and oxygen atoms in total. The molecular formula is C22H27BrN2. The highest BCUT2D eigenvalue weighted by Gasteiger charge is 2.12. The van der Waals surface area contributed by atoms with Crippen LogP contribution in [0.1, 0.15) is 51.9 Å². The van der Waals surface area contributed by atoms with Crippen LogP contribution in [0, 0.1) is 0 Å². The van der Waals surface area contributed by atoms with Gasteiger partial charge in [0.1, 0.15) is 5.82 Å². The summed E-state index contributed by atoms with van der Waals surface area (Å²) in [6.07, 6.45) is 9.31. The van der Waals surface area contributed by atoms with Gasteiger partial charge in [-0.05, 0) is 30.7 Å². The highest BCUT2D eigenvalue weighted by molar-refractivity contribution is 9.10. The lowest BCUT2D eigenvalue weighted by molar-refractivity contribution is 0.557. The molecule has 0 radical (unpaired) electrons. The number of aromatic nitrogens is 2. The molecule has 0 atom stereocenters. The summed E-state index contributed by atoms with van der Waals surface area (Å²) in [5, 5.41) is 0. The molecule has 3 aromatic rings. The van der Waals surface area contributed by atoms with Crippen molar-refractivity contribution < 1.29 is 0 Å². The van der Waals surface area contributed by atoms with Crippen LogP contribution in [-0.4, -0.2) is 9.55 Å². The van der Waals surface area contributed by atoms with E-state index in [1.807, 2.05) is 0 Å². The monoisotopic (exact) mass is 398 g/mol. The topological polar surface area (TPSA) is 17.8 Å². The van der Waals surface area contributed by atoms with Crippen molar-refractivity contribution >= 4 is 27.0 Å². The highest BCUT2D eigenvalue weighted by Crippen LogP contribution is 2.27. The first kappa shape index (κ1) is 18.2. The molecule has 2 aromatic carbocycles. The Balaban J connectivity index is 1.75. The first-order chi connectivity index (χ1) is 12.3. The van der Waals surface area contributed by atoms with Crippen molar-refractivity contribution in [2.45, 2.75) is 58.4 Å². The Bertz CT molecular complexity index is 807. The smallest absolute Gasteiger partial charge is 0.141 e. The molecule has 1 heterocycles. The number of aryl methyl sites for hydroxylation is 1. The lowest BCUT2D eigenvalue weighted by Gasteiger charge is -2.10. The number of nitrogens with zero attached hydrogens (tertiary/aromatic N) is 2. The number of unbranched alkanes of at least 4 members (excludes halogenated alkanes) is 6. The minimum Gasteiger partial charge on any atom is -0.324 e. The number of hydrogen-bond donors (Lipinski definition) is 0. The Morgan fingerprint density at radius 3 is 2.44 bits per heavy atom. The molecule has 1 aromatic heterocycles. The molecule has 0 saturated heterocycles. The van der Waals surface area contributed by atoms with E-state index in [4.69, 9.17) is 4.98 Å². The number of halogens is 1. The molecule has 0 bridgehead atoms. The third-order valence-corrected chi connectivity index (χ3v) is 5.22. The van der Waals surface area contributed by atoms with Crippen molar-refractivity contribution in [3.63, 3.8) is 0 Å². The Kier molecular flexibility index (Phi) is 6.69. The van der Waals surface area contributed by atoms with Gasteiger partial charge in [-0.15, -0.1) is 0 Å². The van der Waals surface area contributed by atoms with Gasteiger partial charge in [-0.2, -0.15) is 0 Å². The second kappa shape index (κ2) is 9.19. The van der Waals surface area contributed by atoms with Crippen molar-refractivity contribution in [2.75, 3.05) is 0 Å². The van der Waals surface area contributed by atoms with Gasteiger partial charge in [-0.3, -0.25) is 0 Å². The van der Waals surface area contributed by atoms with E-state index in [-0.39, 0.29) is 0 Å². The third-order valence-electron chi connectivity index (χ3n) is 4.72. The summed E-state index contributed by atoms with van der Waals surface area (Å²) in [7, 11) is 0. The zero-order valence-corrected chi connectivity index (χ0v) is 16.6. The van der Waals surface area contributed by atoms with Crippen molar-refractivity contribution in [2.24, 2.45) is 0 Å². The summed E-state index contributed by atoms with van der Waals surface area (Å²) in [5.41, 5.74) is 3.50. The quantitative estimate of drug-likeness (QED) is 0.348. The second-order valence-corrected chi connectivity index (χ2v) is 7.62. The number of benzene rings is 2. The zero-order valence-electron chi connectivity index (χ0n) is 15.0. The fourth-order valence-corrected chi connectivity index (χ4v) is 3.78. The predicted molar refractivity (Wildman–Crippen MR) is 111 cm³/mol. The molecule has 0 unspecified atom stereocenters. The van der Waals surface area contributed by atoms with Gasteiger partial charge in [0.25, 0.3) is 0 Å². The molecule has 132 valence electrons. The average molecular weight is 399 g/mol. The largest absolute Gasteiger partial charge is 0.324 e. The molecule has 0 aliphatic heterocycles. The van der Waals surface area contributed by atoms with Crippen LogP contribution in [0.25, 0.3) is 22.4 Å². The van der Waals surface area contributed by atoms with Gasteiger partial charge in [0.15, 0.2) is 0 Å². The van der Waals surface area contributed by atoms with Crippen LogP contribution in [-0.2, 0) is 6.54 Å². The molecule has 0 amide bonds. The Labute approximate surface area is 159 Å². The summed E-state index contributed by atoms with van der Waals surface area (Å²) in [6, 6.07) is 16.9. The first-order valence-corrected chi connectivity index (χ1v) is 10.3. The van der Waals surface area contributed by atoms with Gasteiger partial charge in [-0.25, -0.2) is 4.98 Å². The van der Waals surface area contributed by atoms with Crippen LogP contribution in [0.5, 0.6) is 0 Å². The molecule has 0 aliphatic rings. The van der Waals surface area contributed by atoms with E-state index in [9.17, 15) is 0 Å². The predicted octanol–water partition coefficient (Wildman–Crippen LogP) is 7.22. The Hall–Kier alpha value is -1.61. The fourth-order valence-electron chi connectivity index (χ4n) is 3.38. The van der Waals surface area contributed by atoms with Crippen LogP contribution in [0.15, 0.2) is 53.0 Å². The SMILES string of the molecule is CCCCCCCCCn1c(-c2cccc(Br)c2)nc2ccccc21. The standard InChI is InChI=1S/C22H27BrN2/c1-2-3-4-5-6-7-10-16-25-21-15-9-8-14-20(21)24-22(25)18-12-11-13-19(23)17-18/h8-9,11-15,17H,2-7,10,16H2,1H3. The van der Waals surface area contributed by atoms with Crippen molar-refractivity contribution in [1.82, 2.24) is 9.55 Å². The fraction of sp³-hybridized carbons (Fsp3) is 0.409. The molecule has 0 saturated carbocycles. The van der Waals surface area contributed by atoms with E-state index >= 15 is 0 Å². The maximum absolute atomic E-state index is 4.91. The maximum Gasteiger partial charge on any atom is 0.141 e. The summed E-state index contributed by atoms with van der Waals surface area (Å²) in [4.78, 5) is 4.91. The van der Waals surface area contributed by atoms with Crippen LogP contribution < -0.4 is 0 Å². The molecule has 3 rings (SSSR count). The van der Waals surface area contributed by atoms with Gasteiger partial charge in [0.2, 0.25) is 0 Å². The number of para-hydroxylation sites is 2. The Morgan fingerprint density at radius 2 is 1.64 bits per heavy atom. The minimum atomic E-state index is 1.04. The summed E-state index contributed by atoms with van der Waals surface area (Å²) < 4.78 is 3.49. The van der Waals surface area contributed by atoms with Gasteiger partial charge in [-0.1, -0.05) is 85.6 Å². The van der Waals surface area contributed by atoms with Crippen molar-refractivity contribution in [3.8, 4) is 11.4 Å². The van der Waals surface area contributed by atoms with E-state index in [2.05, 4.69) is 76.0 Å². The third kappa shape index (κ3) is 4.72. The minimum absolute atomic E-state index is 1.04. The molecule has 3 heteroatoms. The lowest BCUT2D eigenvalue weighted by Crippen LogP contribution is -2.01. The van der Waals surface area contributed by atoms with Crippen LogP contribution in [0.3, 0.4) is 0 Å². The number of hydrogen-bond acceptors (Lipinski definition) is 1. The van der Waals surface area contributed by atoms with Crippen LogP contribution in [0.4, 0.5) is 0 Å². The molecule has 0 aliphatic carbocycles. The highest BCUT2D eigenvalue weighted by atomic mass is 79.9. The van der Waals surface area contributed by atoms with E-state index in [1.54, 1.807) is 0 Å². The molecule has 0 fully saturated rings. The number of imidazole rings is 1. The van der Waals surface area contributed by atoms with Crippen molar-refractivity contribution in [1.29, 1.82) is 0 Å². The van der Waals surface area contributed by atoms with Gasteiger partial charge in [0.05, 0.1) is 11.0 Å². The maximum atomic E-state index is 4.91. The molecule has 25 heavy (non-hydrogen) atoms. The van der Waals surface area contributed by atoms with Gasteiger partial charge >= 0.3 is 0 Å². The van der Waals surface area contributed by atoms with Gasteiger partial charge < -0.3 is 4.57 Å². The second-order valence-electron chi connectivity index (χ2n) is 6.71.